The first kappa shape index (κ1) is 66.0. The number of carboxylic acids is 2. The number of carbonyl (C=O) groups excluding carboxylic acids is 4. The van der Waals surface area contributed by atoms with Gasteiger partial charge in [-0.2, -0.15) is 0 Å². The standard InChI is InChI=1S/C46H79N9O21/c1-4-13-68-17-19-71-21-22-72-20-18-70-15-9-35(61)55(12-16-69-14-7-8-36(62)75-39(31(59)25-56)38-27(2)29(53-44(47)48)23-33(73-38)42(63)64)11-6-5-10-51-46(67)76-40(32(60)26-57)41-37(52-28(3)58)30(54-45(49)50)24-34(74-41)43(65)66/h23-24,27,29-32,37-41,56-57,59-60H,4-22,25-26H2,1-3H3,(H,51,67)(H,52,58)(H,63,64)(H,65,66)(H4,47,48,53)(H4,49,50,54)/t27-,29+,30+,31-,32-,37-,38-,39-,40?,41-/m1/s1. The predicted octanol–water partition coefficient (Wildman–Crippen LogP) is -3.87. The number of unbranched alkanes of at least 4 members (excludes halogenated alkanes) is 1. The molecule has 10 atom stereocenters. The van der Waals surface area contributed by atoms with E-state index in [2.05, 4.69) is 20.6 Å². The van der Waals surface area contributed by atoms with Gasteiger partial charge in [-0.25, -0.2) is 24.4 Å². The minimum atomic E-state index is -1.84. The average molecular weight is 1090 g/mol. The molecule has 30 heteroatoms. The Labute approximate surface area is 440 Å². The summed E-state index contributed by atoms with van der Waals surface area (Å²) in [6.07, 6.45) is -7.14. The normalized spacial score (nSPS) is 20.6. The number of nitrogens with one attached hydrogen (secondary N) is 2. The number of carboxylic acid groups (broad SMARTS) is 2. The average Bonchev–Trinajstić information content (AvgIpc) is 3.36. The van der Waals surface area contributed by atoms with Gasteiger partial charge in [0.2, 0.25) is 23.3 Å². The summed E-state index contributed by atoms with van der Waals surface area (Å²) in [7, 11) is 0. The molecule has 0 spiro atoms. The molecule has 0 aromatic carbocycles. The van der Waals surface area contributed by atoms with Crippen molar-refractivity contribution in [3.63, 3.8) is 0 Å². The molecule has 0 saturated carbocycles. The van der Waals surface area contributed by atoms with E-state index >= 15 is 0 Å². The molecule has 2 rings (SSSR count). The van der Waals surface area contributed by atoms with Crippen LogP contribution in [-0.2, 0) is 66.6 Å². The number of aliphatic hydroxyl groups excluding tert-OH is 4. The Morgan fingerprint density at radius 1 is 0.671 bits per heavy atom. The minimum absolute atomic E-state index is 0.00195. The van der Waals surface area contributed by atoms with E-state index in [1.807, 2.05) is 6.92 Å². The summed E-state index contributed by atoms with van der Waals surface area (Å²) in [5, 5.41) is 65.2. The van der Waals surface area contributed by atoms with Crippen LogP contribution in [0.25, 0.3) is 0 Å². The van der Waals surface area contributed by atoms with Crippen molar-refractivity contribution in [2.45, 2.75) is 114 Å². The molecule has 0 aromatic rings. The van der Waals surface area contributed by atoms with Crippen molar-refractivity contribution in [3.05, 3.63) is 23.7 Å². The fourth-order valence-corrected chi connectivity index (χ4v) is 7.52. The molecular formula is C46H79N9O21. The van der Waals surface area contributed by atoms with Crippen molar-refractivity contribution in [1.82, 2.24) is 15.5 Å². The zero-order chi connectivity index (χ0) is 56.6. The van der Waals surface area contributed by atoms with Crippen molar-refractivity contribution >= 4 is 47.7 Å². The molecular weight excluding hydrogens is 1010 g/mol. The Morgan fingerprint density at radius 3 is 1.72 bits per heavy atom. The Bertz CT molecular complexity index is 1920. The van der Waals surface area contributed by atoms with E-state index in [0.29, 0.717) is 39.5 Å². The number of nitrogens with zero attached hydrogens (tertiary/aromatic N) is 3. The second kappa shape index (κ2) is 36.8. The van der Waals surface area contributed by atoms with Gasteiger partial charge in [0.15, 0.2) is 30.2 Å². The molecule has 2 aliphatic heterocycles. The summed E-state index contributed by atoms with van der Waals surface area (Å²) >= 11 is 0. The number of guanidine groups is 2. The lowest BCUT2D eigenvalue weighted by molar-refractivity contribution is -0.176. The van der Waals surface area contributed by atoms with E-state index < -0.39 is 121 Å². The number of amides is 3. The first-order valence-corrected chi connectivity index (χ1v) is 24.8. The molecule has 76 heavy (non-hydrogen) atoms. The molecule has 2 aliphatic rings. The predicted molar refractivity (Wildman–Crippen MR) is 266 cm³/mol. The third-order valence-corrected chi connectivity index (χ3v) is 11.2. The van der Waals surface area contributed by atoms with E-state index in [1.165, 1.54) is 11.0 Å². The van der Waals surface area contributed by atoms with E-state index in [0.717, 1.165) is 19.4 Å². The number of hydrogen-bond donors (Lipinski definition) is 12. The number of esters is 1. The third kappa shape index (κ3) is 25.1. The first-order chi connectivity index (χ1) is 36.2. The summed E-state index contributed by atoms with van der Waals surface area (Å²) in [6.45, 7) is 6.15. The lowest BCUT2D eigenvalue weighted by atomic mass is 9.87. The zero-order valence-electron chi connectivity index (χ0n) is 43.2. The molecule has 3 amide bonds. The monoisotopic (exact) mass is 1090 g/mol. The zero-order valence-corrected chi connectivity index (χ0v) is 43.2. The number of aliphatic hydroxyl groups is 4. The van der Waals surface area contributed by atoms with Crippen LogP contribution in [0.3, 0.4) is 0 Å². The summed E-state index contributed by atoms with van der Waals surface area (Å²) in [5.74, 6) is -7.53. The number of ether oxygens (including phenoxy) is 9. The maximum Gasteiger partial charge on any atom is 0.407 e. The minimum Gasteiger partial charge on any atom is -0.479 e. The summed E-state index contributed by atoms with van der Waals surface area (Å²) in [4.78, 5) is 84.9. The number of nitrogens with two attached hydrogens (primary N) is 4. The molecule has 16 N–H and O–H groups in total. The highest BCUT2D eigenvalue weighted by Crippen LogP contribution is 2.31. The number of alkyl carbamates (subject to hydrolysis) is 1. The van der Waals surface area contributed by atoms with Gasteiger partial charge in [0, 0.05) is 52.1 Å². The van der Waals surface area contributed by atoms with Crippen LogP contribution < -0.4 is 33.6 Å². The molecule has 2 heterocycles. The van der Waals surface area contributed by atoms with Gasteiger partial charge in [-0.1, -0.05) is 13.8 Å². The van der Waals surface area contributed by atoms with Gasteiger partial charge in [0.25, 0.3) is 0 Å². The summed E-state index contributed by atoms with van der Waals surface area (Å²) in [5.41, 5.74) is 22.1. The Balaban J connectivity index is 2.02. The van der Waals surface area contributed by atoms with Gasteiger partial charge in [0.05, 0.1) is 90.6 Å². The van der Waals surface area contributed by atoms with Crippen molar-refractivity contribution < 1.29 is 102 Å². The van der Waals surface area contributed by atoms with Gasteiger partial charge in [-0.3, -0.25) is 14.4 Å². The van der Waals surface area contributed by atoms with E-state index in [9.17, 15) is 59.4 Å². The van der Waals surface area contributed by atoms with Crippen LogP contribution in [0.5, 0.6) is 0 Å². The molecule has 1 unspecified atom stereocenters. The van der Waals surface area contributed by atoms with Crippen LogP contribution >= 0.6 is 0 Å². The van der Waals surface area contributed by atoms with Crippen molar-refractivity contribution in [3.8, 4) is 0 Å². The van der Waals surface area contributed by atoms with Crippen LogP contribution in [0, 0.1) is 5.92 Å². The number of aliphatic carboxylic acids is 2. The number of aliphatic imine (C=N–C) groups is 2. The van der Waals surface area contributed by atoms with Gasteiger partial charge in [-0.05, 0) is 37.8 Å². The van der Waals surface area contributed by atoms with Crippen LogP contribution in [0.1, 0.15) is 59.3 Å². The van der Waals surface area contributed by atoms with Crippen LogP contribution in [0.15, 0.2) is 33.7 Å². The smallest absolute Gasteiger partial charge is 0.407 e. The van der Waals surface area contributed by atoms with Crippen LogP contribution in [0.2, 0.25) is 0 Å². The third-order valence-electron chi connectivity index (χ3n) is 11.2. The highest BCUT2D eigenvalue weighted by molar-refractivity contribution is 5.86. The summed E-state index contributed by atoms with van der Waals surface area (Å²) in [6, 6.07) is -3.45. The Hall–Kier alpha value is -6.12. The van der Waals surface area contributed by atoms with Crippen molar-refractivity contribution in [2.75, 3.05) is 98.9 Å². The SMILES string of the molecule is CCCOCCOCCOCCOCCC(=O)N(CCCCNC(=O)OC([C@H](O)CO)[C@@H]1OC(C(=O)O)=C[C@H](N=C(N)N)[C@H]1NC(C)=O)CCOCCCC(=O)O[C@@H]([C@@H]1OC(C(=O)O)=C[C@H](N=C(N)N)[C@H]1C)[C@H](O)CO. The van der Waals surface area contributed by atoms with E-state index in [4.69, 9.17) is 65.6 Å². The molecule has 0 radical (unpaired) electrons. The molecule has 0 bridgehead atoms. The molecule has 0 aromatic heterocycles. The largest absolute Gasteiger partial charge is 0.479 e. The first-order valence-electron chi connectivity index (χ1n) is 24.8. The fourth-order valence-electron chi connectivity index (χ4n) is 7.52. The molecule has 0 fully saturated rings. The molecule has 434 valence electrons. The maximum absolute atomic E-state index is 13.4. The fraction of sp³-hybridized carbons (Fsp3) is 0.739. The van der Waals surface area contributed by atoms with Gasteiger partial charge >= 0.3 is 24.0 Å². The van der Waals surface area contributed by atoms with Gasteiger partial charge in [0.1, 0.15) is 18.3 Å². The summed E-state index contributed by atoms with van der Waals surface area (Å²) < 4.78 is 49.7. The lowest BCUT2D eigenvalue weighted by Gasteiger charge is -2.39. The lowest BCUT2D eigenvalue weighted by Crippen LogP contribution is -2.61. The highest BCUT2D eigenvalue weighted by Gasteiger charge is 2.47. The van der Waals surface area contributed by atoms with Crippen molar-refractivity contribution in [2.24, 2.45) is 38.8 Å². The number of hydrogen-bond acceptors (Lipinski definition) is 21. The van der Waals surface area contributed by atoms with Crippen molar-refractivity contribution in [1.29, 1.82) is 0 Å². The maximum atomic E-state index is 13.4. The quantitative estimate of drug-likeness (QED) is 0.0121. The molecule has 30 nitrogen and oxygen atoms in total. The number of carbonyl (C=O) groups is 6. The van der Waals surface area contributed by atoms with Gasteiger partial charge in [-0.15, -0.1) is 0 Å². The van der Waals surface area contributed by atoms with E-state index in [-0.39, 0.29) is 90.2 Å². The number of rotatable bonds is 39. The van der Waals surface area contributed by atoms with E-state index in [1.54, 1.807) is 6.92 Å². The molecule has 0 aliphatic carbocycles. The van der Waals surface area contributed by atoms with Crippen LogP contribution in [0.4, 0.5) is 4.79 Å². The Morgan fingerprint density at radius 2 is 1.18 bits per heavy atom. The second-order valence-electron chi connectivity index (χ2n) is 17.3. The molecule has 0 saturated heterocycles. The topological polar surface area (TPSA) is 463 Å². The van der Waals surface area contributed by atoms with Crippen LogP contribution in [-0.4, -0.2) is 237 Å². The highest BCUT2D eigenvalue weighted by atomic mass is 16.6. The second-order valence-corrected chi connectivity index (χ2v) is 17.3. The van der Waals surface area contributed by atoms with Gasteiger partial charge < -0.3 is 112 Å². The Kier molecular flexibility index (Phi) is 31.9.